The molecule has 1 aromatic rings. The number of benzene rings is 1. The molecule has 2 heteroatoms. The van der Waals surface area contributed by atoms with E-state index in [-0.39, 0.29) is 5.97 Å². The third-order valence-corrected chi connectivity index (χ3v) is 9.97. The SMILES string of the molecule is CC(C)=CCC/C(C)=C/CC/C(C)=C/CC/C(C)=C/CC/C(C)=C/CC/C(C)=C/CC/C(C)=C/CC/C(C)=C/CC/C(C)=C/COC(=O)c1ccccc1. The van der Waals surface area contributed by atoms with Crippen molar-refractivity contribution in [3.05, 3.63) is 141 Å². The molecule has 0 atom stereocenters. The molecule has 0 unspecified atom stereocenters. The average Bonchev–Trinajstić information content (AvgIpc) is 3.11. The lowest BCUT2D eigenvalue weighted by atomic mass is 10.0. The molecule has 0 radical (unpaired) electrons. The minimum absolute atomic E-state index is 0.270. The lowest BCUT2D eigenvalue weighted by Crippen LogP contribution is -2.04. The van der Waals surface area contributed by atoms with Gasteiger partial charge in [-0.15, -0.1) is 0 Å². The van der Waals surface area contributed by atoms with Crippen molar-refractivity contribution in [2.45, 2.75) is 172 Å². The predicted molar refractivity (Wildman–Crippen MR) is 240 cm³/mol. The zero-order valence-corrected chi connectivity index (χ0v) is 36.4. The highest BCUT2D eigenvalue weighted by atomic mass is 16.5. The van der Waals surface area contributed by atoms with Crippen molar-refractivity contribution in [1.82, 2.24) is 0 Å². The number of hydrogen-bond donors (Lipinski definition) is 0. The minimum Gasteiger partial charge on any atom is -0.458 e. The van der Waals surface area contributed by atoms with Crippen molar-refractivity contribution >= 4 is 5.97 Å². The Kier molecular flexibility index (Phi) is 27.5. The third kappa shape index (κ3) is 27.9. The number of ether oxygens (including phenoxy) is 1. The van der Waals surface area contributed by atoms with Crippen LogP contribution in [0.2, 0.25) is 0 Å². The van der Waals surface area contributed by atoms with Crippen molar-refractivity contribution in [2.24, 2.45) is 0 Å². The van der Waals surface area contributed by atoms with Crippen LogP contribution in [0.25, 0.3) is 0 Å². The fraction of sp³-hybridized carbons (Fsp3) is 0.519. The molecule has 1 rings (SSSR count). The number of rotatable bonds is 27. The highest BCUT2D eigenvalue weighted by molar-refractivity contribution is 5.89. The minimum atomic E-state index is -0.270. The Morgan fingerprint density at radius 1 is 0.389 bits per heavy atom. The van der Waals surface area contributed by atoms with Crippen LogP contribution in [0, 0.1) is 0 Å². The molecule has 1 aromatic carbocycles. The van der Waals surface area contributed by atoms with Gasteiger partial charge in [0.2, 0.25) is 0 Å². The molecule has 0 heterocycles. The first-order chi connectivity index (χ1) is 25.8. The standard InChI is InChI=1S/C52H78O2/c1-42(2)22-14-23-43(3)24-15-25-44(4)26-16-27-45(5)28-17-29-46(6)30-18-31-47(7)32-19-33-48(8)34-20-35-49(9)36-21-37-50(10)40-41-54-52(53)51-38-12-11-13-39-51/h11-13,22,24,26,28,30,32,34,36,38-40H,14-21,23,25,27,29,31,33,35,37,41H2,1-10H3/b43-24+,44-26+,45-28+,46-30+,47-32+,48-34+,49-36+,50-40+. The van der Waals surface area contributed by atoms with E-state index in [1.165, 1.54) is 75.8 Å². The Morgan fingerprint density at radius 2 is 0.648 bits per heavy atom. The lowest BCUT2D eigenvalue weighted by molar-refractivity contribution is 0.0549. The molecule has 0 aromatic heterocycles. The Hall–Kier alpha value is -3.65. The molecule has 0 saturated carbocycles. The summed E-state index contributed by atoms with van der Waals surface area (Å²) in [6, 6.07) is 9.15. The predicted octanol–water partition coefficient (Wildman–Crippen LogP) is 16.6. The second-order valence-corrected chi connectivity index (χ2v) is 16.0. The molecule has 0 spiro atoms. The molecular weight excluding hydrogens is 657 g/mol. The molecular formula is C52H78O2. The summed E-state index contributed by atoms with van der Waals surface area (Å²) in [7, 11) is 0. The third-order valence-electron chi connectivity index (χ3n) is 9.97. The van der Waals surface area contributed by atoms with Gasteiger partial charge < -0.3 is 4.74 Å². The van der Waals surface area contributed by atoms with E-state index in [4.69, 9.17) is 4.74 Å². The van der Waals surface area contributed by atoms with E-state index in [1.54, 1.807) is 12.1 Å². The maximum Gasteiger partial charge on any atom is 0.338 e. The van der Waals surface area contributed by atoms with Gasteiger partial charge in [0.25, 0.3) is 0 Å². The van der Waals surface area contributed by atoms with E-state index in [1.807, 2.05) is 24.3 Å². The van der Waals surface area contributed by atoms with Gasteiger partial charge in [-0.25, -0.2) is 4.79 Å². The maximum atomic E-state index is 12.1. The van der Waals surface area contributed by atoms with Gasteiger partial charge in [0, 0.05) is 0 Å². The van der Waals surface area contributed by atoms with Gasteiger partial charge in [0.15, 0.2) is 0 Å². The molecule has 0 amide bonds. The summed E-state index contributed by atoms with van der Waals surface area (Å²) >= 11 is 0. The van der Waals surface area contributed by atoms with E-state index in [9.17, 15) is 4.79 Å². The van der Waals surface area contributed by atoms with Gasteiger partial charge in [0.1, 0.15) is 6.61 Å². The summed E-state index contributed by atoms with van der Waals surface area (Å²) in [5.74, 6) is -0.270. The summed E-state index contributed by atoms with van der Waals surface area (Å²) in [5, 5.41) is 0. The Morgan fingerprint density at radius 3 is 0.926 bits per heavy atom. The van der Waals surface area contributed by atoms with Crippen LogP contribution in [-0.2, 0) is 4.74 Å². The van der Waals surface area contributed by atoms with Crippen LogP contribution in [0.4, 0.5) is 0 Å². The normalized spacial score (nSPS) is 14.1. The Bertz CT molecular complexity index is 1490. The van der Waals surface area contributed by atoms with E-state index in [2.05, 4.69) is 118 Å². The average molecular weight is 735 g/mol. The van der Waals surface area contributed by atoms with Crippen molar-refractivity contribution < 1.29 is 9.53 Å². The van der Waals surface area contributed by atoms with Gasteiger partial charge in [0.05, 0.1) is 5.56 Å². The van der Waals surface area contributed by atoms with Crippen molar-refractivity contribution in [3.63, 3.8) is 0 Å². The highest BCUT2D eigenvalue weighted by Gasteiger charge is 2.04. The molecule has 0 aliphatic rings. The highest BCUT2D eigenvalue weighted by Crippen LogP contribution is 2.18. The lowest BCUT2D eigenvalue weighted by Gasteiger charge is -2.04. The summed E-state index contributed by atoms with van der Waals surface area (Å²) < 4.78 is 5.37. The molecule has 2 nitrogen and oxygen atoms in total. The molecule has 0 fully saturated rings. The van der Waals surface area contributed by atoms with Crippen molar-refractivity contribution in [3.8, 4) is 0 Å². The number of allylic oxidation sites excluding steroid dienone is 17. The smallest absolute Gasteiger partial charge is 0.338 e. The van der Waals surface area contributed by atoms with Gasteiger partial charge >= 0.3 is 5.97 Å². The molecule has 298 valence electrons. The first kappa shape index (κ1) is 48.4. The first-order valence-electron chi connectivity index (χ1n) is 21.0. The van der Waals surface area contributed by atoms with Crippen LogP contribution in [0.3, 0.4) is 0 Å². The zero-order valence-electron chi connectivity index (χ0n) is 36.4. The Balaban J connectivity index is 2.22. The summed E-state index contributed by atoms with van der Waals surface area (Å²) in [5.41, 5.74) is 13.8. The molecule has 0 N–H and O–H groups in total. The maximum absolute atomic E-state index is 12.1. The van der Waals surface area contributed by atoms with Crippen LogP contribution in [0.15, 0.2) is 135 Å². The summed E-state index contributed by atoms with van der Waals surface area (Å²) in [6.45, 7) is 22.7. The van der Waals surface area contributed by atoms with Crippen LogP contribution < -0.4 is 0 Å². The zero-order chi connectivity index (χ0) is 40.0. The number of carbonyl (C=O) groups excluding carboxylic acids is 1. The van der Waals surface area contributed by atoms with E-state index < -0.39 is 0 Å². The number of esters is 1. The van der Waals surface area contributed by atoms with E-state index in [0.29, 0.717) is 12.2 Å². The Labute approximate surface area is 333 Å². The van der Waals surface area contributed by atoms with Gasteiger partial charge in [-0.1, -0.05) is 117 Å². The topological polar surface area (TPSA) is 26.3 Å². The second-order valence-electron chi connectivity index (χ2n) is 16.0. The van der Waals surface area contributed by atoms with Crippen molar-refractivity contribution in [1.29, 1.82) is 0 Å². The van der Waals surface area contributed by atoms with Gasteiger partial charge in [-0.2, -0.15) is 0 Å². The van der Waals surface area contributed by atoms with Crippen LogP contribution in [0.5, 0.6) is 0 Å². The fourth-order valence-electron chi connectivity index (χ4n) is 6.15. The van der Waals surface area contributed by atoms with Gasteiger partial charge in [-0.05, 0) is 190 Å². The fourth-order valence-corrected chi connectivity index (χ4v) is 6.15. The van der Waals surface area contributed by atoms with Gasteiger partial charge in [-0.3, -0.25) is 0 Å². The largest absolute Gasteiger partial charge is 0.458 e. The summed E-state index contributed by atoms with van der Waals surface area (Å²) in [6.07, 6.45) is 39.5. The second kappa shape index (κ2) is 30.7. The quantitative estimate of drug-likeness (QED) is 0.0664. The molecule has 0 bridgehead atoms. The number of hydrogen-bond acceptors (Lipinski definition) is 2. The summed E-state index contributed by atoms with van der Waals surface area (Å²) in [4.78, 5) is 12.1. The van der Waals surface area contributed by atoms with Crippen molar-refractivity contribution in [2.75, 3.05) is 6.61 Å². The molecule has 0 saturated heterocycles. The molecule has 54 heavy (non-hydrogen) atoms. The first-order valence-corrected chi connectivity index (χ1v) is 21.0. The number of carbonyl (C=O) groups is 1. The van der Waals surface area contributed by atoms with Crippen LogP contribution in [0.1, 0.15) is 182 Å². The monoisotopic (exact) mass is 735 g/mol. The van der Waals surface area contributed by atoms with E-state index in [0.717, 1.165) is 77.0 Å². The molecule has 0 aliphatic carbocycles. The van der Waals surface area contributed by atoms with Crippen LogP contribution >= 0.6 is 0 Å². The van der Waals surface area contributed by atoms with Crippen LogP contribution in [-0.4, -0.2) is 12.6 Å². The van der Waals surface area contributed by atoms with E-state index >= 15 is 0 Å². The molecule has 0 aliphatic heterocycles.